The van der Waals surface area contributed by atoms with Crippen molar-refractivity contribution in [3.63, 3.8) is 0 Å². The first kappa shape index (κ1) is 11.8. The summed E-state index contributed by atoms with van der Waals surface area (Å²) in [4.78, 5) is 8.52. The molecule has 2 aromatic heterocycles. The van der Waals surface area contributed by atoms with Crippen LogP contribution in [-0.2, 0) is 6.54 Å². The molecular formula is C13H18N4. The lowest BCUT2D eigenvalue weighted by Crippen LogP contribution is -2.12. The van der Waals surface area contributed by atoms with Gasteiger partial charge in [-0.25, -0.2) is 4.98 Å². The number of rotatable bonds is 5. The second-order valence-corrected chi connectivity index (χ2v) is 4.05. The van der Waals surface area contributed by atoms with Crippen molar-refractivity contribution in [2.75, 3.05) is 6.54 Å². The largest absolute Gasteiger partial charge is 0.330 e. The van der Waals surface area contributed by atoms with Crippen molar-refractivity contribution in [3.05, 3.63) is 48.3 Å². The van der Waals surface area contributed by atoms with Gasteiger partial charge in [-0.3, -0.25) is 4.98 Å². The molecule has 0 aliphatic rings. The lowest BCUT2D eigenvalue weighted by molar-refractivity contribution is 0.634. The second kappa shape index (κ2) is 5.59. The van der Waals surface area contributed by atoms with Crippen LogP contribution >= 0.6 is 0 Å². The smallest absolute Gasteiger partial charge is 0.0955 e. The molecule has 2 rings (SSSR count). The monoisotopic (exact) mass is 230 g/mol. The molecule has 1 unspecified atom stereocenters. The third-order valence-corrected chi connectivity index (χ3v) is 2.83. The number of nitrogens with one attached hydrogen (secondary N) is 1. The molecule has 4 heteroatoms. The lowest BCUT2D eigenvalue weighted by Gasteiger charge is -2.12. The quantitative estimate of drug-likeness (QED) is 0.854. The molecule has 90 valence electrons. The van der Waals surface area contributed by atoms with Crippen LogP contribution < -0.4 is 5.32 Å². The maximum absolute atomic E-state index is 4.38. The zero-order valence-electron chi connectivity index (χ0n) is 10.3. The van der Waals surface area contributed by atoms with Gasteiger partial charge in [-0.05, 0) is 25.1 Å². The van der Waals surface area contributed by atoms with Gasteiger partial charge in [0.15, 0.2) is 0 Å². The van der Waals surface area contributed by atoms with Crippen molar-refractivity contribution in [1.29, 1.82) is 0 Å². The van der Waals surface area contributed by atoms with E-state index in [-0.39, 0.29) is 6.04 Å². The molecule has 0 saturated heterocycles. The van der Waals surface area contributed by atoms with Gasteiger partial charge in [-0.2, -0.15) is 0 Å². The Balaban J connectivity index is 2.09. The summed E-state index contributed by atoms with van der Waals surface area (Å²) < 4.78 is 2.11. The Morgan fingerprint density at radius 1 is 1.47 bits per heavy atom. The minimum absolute atomic E-state index is 0.270. The van der Waals surface area contributed by atoms with E-state index in [2.05, 4.69) is 46.0 Å². The van der Waals surface area contributed by atoms with E-state index in [0.717, 1.165) is 18.8 Å². The lowest BCUT2D eigenvalue weighted by atomic mass is 10.1. The highest BCUT2D eigenvalue weighted by atomic mass is 15.1. The summed E-state index contributed by atoms with van der Waals surface area (Å²) in [6.45, 7) is 6.03. The fourth-order valence-corrected chi connectivity index (χ4v) is 1.73. The summed E-state index contributed by atoms with van der Waals surface area (Å²) in [7, 11) is 0. The van der Waals surface area contributed by atoms with Gasteiger partial charge in [-0.1, -0.05) is 13.0 Å². The molecule has 4 nitrogen and oxygen atoms in total. The molecule has 0 aliphatic carbocycles. The number of hydrogen-bond acceptors (Lipinski definition) is 3. The van der Waals surface area contributed by atoms with E-state index in [1.807, 2.05) is 18.6 Å². The summed E-state index contributed by atoms with van der Waals surface area (Å²) in [5, 5.41) is 3.27. The second-order valence-electron chi connectivity index (χ2n) is 4.05. The Kier molecular flexibility index (Phi) is 3.88. The third kappa shape index (κ3) is 2.91. The van der Waals surface area contributed by atoms with Crippen LogP contribution in [0.3, 0.4) is 0 Å². The standard InChI is InChI=1S/C13H18N4/c1-3-14-8-13-9-17(10-16-13)11(2)12-5-4-6-15-7-12/h4-7,9-11,14H,3,8H2,1-2H3. The first-order chi connectivity index (χ1) is 8.31. The highest BCUT2D eigenvalue weighted by Gasteiger charge is 2.08. The first-order valence-electron chi connectivity index (χ1n) is 5.94. The SMILES string of the molecule is CCNCc1cn(C(C)c2cccnc2)cn1. The van der Waals surface area contributed by atoms with Crippen LogP contribution in [0.25, 0.3) is 0 Å². The average Bonchev–Trinajstić information content (AvgIpc) is 2.85. The van der Waals surface area contributed by atoms with Crippen molar-refractivity contribution < 1.29 is 0 Å². The highest BCUT2D eigenvalue weighted by Crippen LogP contribution is 2.16. The van der Waals surface area contributed by atoms with Crippen LogP contribution in [0.1, 0.15) is 31.1 Å². The van der Waals surface area contributed by atoms with E-state index >= 15 is 0 Å². The molecule has 0 aromatic carbocycles. The van der Waals surface area contributed by atoms with Gasteiger partial charge in [0.25, 0.3) is 0 Å². The van der Waals surface area contributed by atoms with Crippen molar-refractivity contribution in [1.82, 2.24) is 19.9 Å². The molecule has 0 amide bonds. The van der Waals surface area contributed by atoms with Crippen molar-refractivity contribution >= 4 is 0 Å². The van der Waals surface area contributed by atoms with E-state index in [4.69, 9.17) is 0 Å². The Morgan fingerprint density at radius 3 is 3.06 bits per heavy atom. The molecule has 1 N–H and O–H groups in total. The Hall–Kier alpha value is -1.68. The molecule has 0 radical (unpaired) electrons. The predicted molar refractivity (Wildman–Crippen MR) is 67.7 cm³/mol. The maximum Gasteiger partial charge on any atom is 0.0955 e. The molecule has 0 bridgehead atoms. The minimum Gasteiger partial charge on any atom is -0.330 e. The van der Waals surface area contributed by atoms with Crippen molar-refractivity contribution in [2.45, 2.75) is 26.4 Å². The fraction of sp³-hybridized carbons (Fsp3) is 0.385. The van der Waals surface area contributed by atoms with E-state index in [0.29, 0.717) is 0 Å². The normalized spacial score (nSPS) is 12.6. The van der Waals surface area contributed by atoms with E-state index in [1.165, 1.54) is 5.56 Å². The number of hydrogen-bond donors (Lipinski definition) is 1. The molecule has 0 fully saturated rings. The summed E-state index contributed by atoms with van der Waals surface area (Å²) in [6.07, 6.45) is 7.65. The molecule has 2 aromatic rings. The van der Waals surface area contributed by atoms with Gasteiger partial charge in [0.1, 0.15) is 0 Å². The molecule has 1 atom stereocenters. The van der Waals surface area contributed by atoms with Crippen LogP contribution in [0, 0.1) is 0 Å². The first-order valence-corrected chi connectivity index (χ1v) is 5.94. The Morgan fingerprint density at radius 2 is 2.35 bits per heavy atom. The highest BCUT2D eigenvalue weighted by molar-refractivity contribution is 5.15. The zero-order valence-corrected chi connectivity index (χ0v) is 10.3. The summed E-state index contributed by atoms with van der Waals surface area (Å²) in [5.41, 5.74) is 2.27. The molecule has 17 heavy (non-hydrogen) atoms. The Bertz CT molecular complexity index is 449. The summed E-state index contributed by atoms with van der Waals surface area (Å²) >= 11 is 0. The van der Waals surface area contributed by atoms with E-state index < -0.39 is 0 Å². The van der Waals surface area contributed by atoms with Crippen molar-refractivity contribution in [2.24, 2.45) is 0 Å². The molecule has 0 spiro atoms. The fourth-order valence-electron chi connectivity index (χ4n) is 1.73. The number of nitrogens with zero attached hydrogens (tertiary/aromatic N) is 3. The van der Waals surface area contributed by atoms with Crippen LogP contribution in [0.15, 0.2) is 37.1 Å². The Labute approximate surface area is 102 Å². The van der Waals surface area contributed by atoms with Gasteiger partial charge >= 0.3 is 0 Å². The number of imidazole rings is 1. The molecule has 2 heterocycles. The summed E-state index contributed by atoms with van der Waals surface area (Å²) in [6, 6.07) is 4.32. The van der Waals surface area contributed by atoms with E-state index in [1.54, 1.807) is 6.20 Å². The predicted octanol–water partition coefficient (Wildman–Crippen LogP) is 2.00. The average molecular weight is 230 g/mol. The van der Waals surface area contributed by atoms with Gasteiger partial charge in [0, 0.05) is 25.1 Å². The van der Waals surface area contributed by atoms with Crippen LogP contribution in [0.4, 0.5) is 0 Å². The maximum atomic E-state index is 4.38. The molecule has 0 aliphatic heterocycles. The van der Waals surface area contributed by atoms with Gasteiger partial charge < -0.3 is 9.88 Å². The van der Waals surface area contributed by atoms with E-state index in [9.17, 15) is 0 Å². The van der Waals surface area contributed by atoms with Crippen LogP contribution in [0.2, 0.25) is 0 Å². The summed E-state index contributed by atoms with van der Waals surface area (Å²) in [5.74, 6) is 0. The van der Waals surface area contributed by atoms with Crippen LogP contribution in [0.5, 0.6) is 0 Å². The van der Waals surface area contributed by atoms with Crippen LogP contribution in [-0.4, -0.2) is 21.1 Å². The number of aromatic nitrogens is 3. The number of pyridine rings is 1. The topological polar surface area (TPSA) is 42.7 Å². The molecular weight excluding hydrogens is 212 g/mol. The third-order valence-electron chi connectivity index (χ3n) is 2.83. The zero-order chi connectivity index (χ0) is 12.1. The van der Waals surface area contributed by atoms with Crippen molar-refractivity contribution in [3.8, 4) is 0 Å². The van der Waals surface area contributed by atoms with Gasteiger partial charge in [-0.15, -0.1) is 0 Å². The van der Waals surface area contributed by atoms with Gasteiger partial charge in [0.05, 0.1) is 18.1 Å². The minimum atomic E-state index is 0.270. The molecule has 0 saturated carbocycles. The van der Waals surface area contributed by atoms with Gasteiger partial charge in [0.2, 0.25) is 0 Å².